The van der Waals surface area contributed by atoms with Crippen LogP contribution in [-0.2, 0) is 20.1 Å². The Morgan fingerprint density at radius 3 is 2.89 bits per heavy atom. The lowest BCUT2D eigenvalue weighted by Gasteiger charge is -2.07. The predicted molar refractivity (Wildman–Crippen MR) is 82.7 cm³/mol. The third kappa shape index (κ3) is 3.16. The van der Waals surface area contributed by atoms with E-state index in [0.717, 1.165) is 20.3 Å². The summed E-state index contributed by atoms with van der Waals surface area (Å²) in [6, 6.07) is 0. The molecule has 0 saturated carbocycles. The number of halogens is 2. The lowest BCUT2D eigenvalue weighted by Crippen LogP contribution is -2.25. The van der Waals surface area contributed by atoms with Crippen LogP contribution in [0, 0.1) is 3.57 Å². The standard InChI is InChI=1S/C11H13BrIN5O/c1-3-18-9(7(12)4-15-18)5-14-11(19)10-8(13)6-17(2)16-10/h4,6H,3,5H2,1-2H3,(H,14,19). The molecule has 2 aromatic heterocycles. The fourth-order valence-corrected chi connectivity index (χ4v) is 2.89. The Balaban J connectivity index is 2.08. The number of hydrogen-bond donors (Lipinski definition) is 1. The van der Waals surface area contributed by atoms with Gasteiger partial charge in [-0.15, -0.1) is 0 Å². The van der Waals surface area contributed by atoms with Crippen LogP contribution in [0.5, 0.6) is 0 Å². The maximum atomic E-state index is 12.0. The van der Waals surface area contributed by atoms with Gasteiger partial charge >= 0.3 is 0 Å². The highest BCUT2D eigenvalue weighted by Gasteiger charge is 2.15. The van der Waals surface area contributed by atoms with Gasteiger partial charge in [-0.05, 0) is 45.4 Å². The monoisotopic (exact) mass is 437 g/mol. The van der Waals surface area contributed by atoms with Crippen LogP contribution in [0.4, 0.5) is 0 Å². The van der Waals surface area contributed by atoms with Crippen molar-refractivity contribution in [3.63, 3.8) is 0 Å². The SMILES string of the molecule is CCn1ncc(Br)c1CNC(=O)c1nn(C)cc1I. The molecule has 8 heteroatoms. The van der Waals surface area contributed by atoms with E-state index in [1.165, 1.54) is 0 Å². The molecule has 0 bridgehead atoms. The van der Waals surface area contributed by atoms with Crippen molar-refractivity contribution in [1.29, 1.82) is 0 Å². The van der Waals surface area contributed by atoms with Gasteiger partial charge in [0.2, 0.25) is 0 Å². The number of aryl methyl sites for hydroxylation is 2. The number of carbonyl (C=O) groups is 1. The van der Waals surface area contributed by atoms with E-state index in [-0.39, 0.29) is 5.91 Å². The summed E-state index contributed by atoms with van der Waals surface area (Å²) in [6.07, 6.45) is 3.54. The van der Waals surface area contributed by atoms with Crippen LogP contribution in [0.15, 0.2) is 16.9 Å². The number of amides is 1. The molecule has 0 spiro atoms. The highest BCUT2D eigenvalue weighted by atomic mass is 127. The molecule has 0 atom stereocenters. The van der Waals surface area contributed by atoms with Crippen LogP contribution >= 0.6 is 38.5 Å². The van der Waals surface area contributed by atoms with E-state index in [1.54, 1.807) is 17.9 Å². The number of aromatic nitrogens is 4. The predicted octanol–water partition coefficient (Wildman–Crippen LogP) is 1.93. The first-order chi connectivity index (χ1) is 9.02. The Kier molecular flexibility index (Phi) is 4.61. The normalized spacial score (nSPS) is 10.7. The Hall–Kier alpha value is -0.900. The Bertz CT molecular complexity index is 606. The van der Waals surface area contributed by atoms with E-state index >= 15 is 0 Å². The zero-order chi connectivity index (χ0) is 14.0. The first-order valence-corrected chi connectivity index (χ1v) is 7.57. The topological polar surface area (TPSA) is 64.7 Å². The van der Waals surface area contributed by atoms with Crippen molar-refractivity contribution in [2.45, 2.75) is 20.0 Å². The molecule has 0 unspecified atom stereocenters. The molecule has 2 aromatic rings. The highest BCUT2D eigenvalue weighted by Crippen LogP contribution is 2.16. The van der Waals surface area contributed by atoms with Crippen molar-refractivity contribution in [2.24, 2.45) is 7.05 Å². The molecule has 19 heavy (non-hydrogen) atoms. The minimum atomic E-state index is -0.180. The van der Waals surface area contributed by atoms with Crippen molar-refractivity contribution in [3.05, 3.63) is 31.8 Å². The first kappa shape index (κ1) is 14.5. The second kappa shape index (κ2) is 6.04. The van der Waals surface area contributed by atoms with E-state index in [4.69, 9.17) is 0 Å². The fraction of sp³-hybridized carbons (Fsp3) is 0.364. The van der Waals surface area contributed by atoms with Crippen molar-refractivity contribution < 1.29 is 4.79 Å². The summed E-state index contributed by atoms with van der Waals surface area (Å²) in [4.78, 5) is 12.0. The molecule has 0 aromatic carbocycles. The van der Waals surface area contributed by atoms with Gasteiger partial charge in [0.25, 0.3) is 5.91 Å². The van der Waals surface area contributed by atoms with Gasteiger partial charge in [0.1, 0.15) is 0 Å². The summed E-state index contributed by atoms with van der Waals surface area (Å²) < 4.78 is 5.20. The molecule has 6 nitrogen and oxygen atoms in total. The highest BCUT2D eigenvalue weighted by molar-refractivity contribution is 14.1. The molecule has 2 rings (SSSR count). The summed E-state index contributed by atoms with van der Waals surface area (Å²) >= 11 is 5.53. The average molecular weight is 438 g/mol. The third-order valence-electron chi connectivity index (χ3n) is 2.61. The number of nitrogens with one attached hydrogen (secondary N) is 1. The van der Waals surface area contributed by atoms with E-state index < -0.39 is 0 Å². The van der Waals surface area contributed by atoms with Gasteiger partial charge in [-0.3, -0.25) is 14.2 Å². The maximum absolute atomic E-state index is 12.0. The summed E-state index contributed by atoms with van der Waals surface area (Å²) in [5.74, 6) is -0.180. The molecule has 2 heterocycles. The molecule has 1 N–H and O–H groups in total. The smallest absolute Gasteiger partial charge is 0.273 e. The molecule has 0 radical (unpaired) electrons. The van der Waals surface area contributed by atoms with Gasteiger partial charge in [-0.25, -0.2) is 0 Å². The number of hydrogen-bond acceptors (Lipinski definition) is 3. The van der Waals surface area contributed by atoms with E-state index in [1.807, 2.05) is 17.8 Å². The van der Waals surface area contributed by atoms with Crippen LogP contribution < -0.4 is 5.32 Å². The van der Waals surface area contributed by atoms with Crippen molar-refractivity contribution in [1.82, 2.24) is 24.9 Å². The van der Waals surface area contributed by atoms with Gasteiger partial charge < -0.3 is 5.32 Å². The molecular weight excluding hydrogens is 425 g/mol. The largest absolute Gasteiger partial charge is 0.345 e. The van der Waals surface area contributed by atoms with Gasteiger partial charge in [0.05, 0.1) is 26.5 Å². The second-order valence-corrected chi connectivity index (χ2v) is 5.95. The van der Waals surface area contributed by atoms with Gasteiger partial charge in [0, 0.05) is 19.8 Å². The fourth-order valence-electron chi connectivity index (χ4n) is 1.70. The summed E-state index contributed by atoms with van der Waals surface area (Å²) in [7, 11) is 1.79. The van der Waals surface area contributed by atoms with Crippen LogP contribution in [0.1, 0.15) is 23.1 Å². The Morgan fingerprint density at radius 1 is 1.58 bits per heavy atom. The zero-order valence-corrected chi connectivity index (χ0v) is 14.3. The first-order valence-electron chi connectivity index (χ1n) is 5.70. The molecular formula is C11H13BrIN5O. The van der Waals surface area contributed by atoms with Gasteiger partial charge in [-0.2, -0.15) is 10.2 Å². The lowest BCUT2D eigenvalue weighted by molar-refractivity contribution is 0.0943. The Morgan fingerprint density at radius 2 is 2.32 bits per heavy atom. The van der Waals surface area contributed by atoms with Gasteiger partial charge in [-0.1, -0.05) is 0 Å². The van der Waals surface area contributed by atoms with Crippen LogP contribution in [0.3, 0.4) is 0 Å². The number of nitrogens with zero attached hydrogens (tertiary/aromatic N) is 4. The quantitative estimate of drug-likeness (QED) is 0.743. The third-order valence-corrected chi connectivity index (χ3v) is 4.06. The number of carbonyl (C=O) groups excluding carboxylic acids is 1. The molecule has 102 valence electrons. The molecule has 0 fully saturated rings. The molecule has 0 aliphatic carbocycles. The van der Waals surface area contributed by atoms with Crippen molar-refractivity contribution >= 4 is 44.4 Å². The summed E-state index contributed by atoms with van der Waals surface area (Å²) in [5, 5.41) is 11.2. The number of rotatable bonds is 4. The minimum Gasteiger partial charge on any atom is -0.345 e. The van der Waals surface area contributed by atoms with Gasteiger partial charge in [0.15, 0.2) is 5.69 Å². The minimum absolute atomic E-state index is 0.180. The summed E-state index contributed by atoms with van der Waals surface area (Å²) in [6.45, 7) is 3.18. The maximum Gasteiger partial charge on any atom is 0.273 e. The van der Waals surface area contributed by atoms with Crippen molar-refractivity contribution in [3.8, 4) is 0 Å². The van der Waals surface area contributed by atoms with Crippen LogP contribution in [-0.4, -0.2) is 25.5 Å². The molecule has 0 saturated heterocycles. The molecule has 0 aliphatic heterocycles. The van der Waals surface area contributed by atoms with E-state index in [0.29, 0.717) is 12.2 Å². The Labute approximate surface area is 132 Å². The average Bonchev–Trinajstić information content (AvgIpc) is 2.89. The second-order valence-electron chi connectivity index (χ2n) is 3.94. The van der Waals surface area contributed by atoms with E-state index in [2.05, 4.69) is 54.0 Å². The van der Waals surface area contributed by atoms with E-state index in [9.17, 15) is 4.79 Å². The summed E-state index contributed by atoms with van der Waals surface area (Å²) in [5.41, 5.74) is 1.39. The zero-order valence-electron chi connectivity index (χ0n) is 10.5. The lowest BCUT2D eigenvalue weighted by atomic mass is 10.3. The molecule has 0 aliphatic rings. The molecule has 1 amide bonds. The van der Waals surface area contributed by atoms with Crippen LogP contribution in [0.2, 0.25) is 0 Å². The van der Waals surface area contributed by atoms with Crippen LogP contribution in [0.25, 0.3) is 0 Å². The van der Waals surface area contributed by atoms with Crippen molar-refractivity contribution in [2.75, 3.05) is 0 Å².